The minimum atomic E-state index is -1.07. The smallest absolute Gasteiger partial charge is 0.107 e. The standard InChI is InChI=1S/C18H24Cl2O2/c19-15-8-9-16(20)18(22,12-15)14-6-4-13(5-7-14)17(21)10-2-1-3-11-17/h4-7,15-16,21-22H,1-3,8-12H2. The first-order valence-electron chi connectivity index (χ1n) is 8.28. The maximum absolute atomic E-state index is 11.0. The van der Waals surface area contributed by atoms with Gasteiger partial charge in [-0.3, -0.25) is 0 Å². The topological polar surface area (TPSA) is 40.5 Å². The molecule has 2 saturated carbocycles. The van der Waals surface area contributed by atoms with Crippen LogP contribution in [0, 0.1) is 0 Å². The summed E-state index contributed by atoms with van der Waals surface area (Å²) in [4.78, 5) is 0. The Morgan fingerprint density at radius 3 is 2.09 bits per heavy atom. The van der Waals surface area contributed by atoms with Crippen LogP contribution in [-0.2, 0) is 11.2 Å². The number of hydrogen-bond donors (Lipinski definition) is 2. The molecular formula is C18H24Cl2O2. The highest BCUT2D eigenvalue weighted by Crippen LogP contribution is 2.43. The molecule has 0 saturated heterocycles. The molecule has 3 rings (SSSR count). The van der Waals surface area contributed by atoms with Crippen LogP contribution in [-0.4, -0.2) is 21.0 Å². The van der Waals surface area contributed by atoms with Crippen LogP contribution in [0.4, 0.5) is 0 Å². The minimum absolute atomic E-state index is 0.0396. The van der Waals surface area contributed by atoms with E-state index in [1.165, 1.54) is 6.42 Å². The molecule has 0 bridgehead atoms. The lowest BCUT2D eigenvalue weighted by molar-refractivity contribution is -0.00224. The van der Waals surface area contributed by atoms with Crippen LogP contribution in [0.3, 0.4) is 0 Å². The maximum atomic E-state index is 11.0. The van der Waals surface area contributed by atoms with E-state index in [9.17, 15) is 10.2 Å². The van der Waals surface area contributed by atoms with Gasteiger partial charge in [0.05, 0.1) is 11.0 Å². The van der Waals surface area contributed by atoms with Crippen molar-refractivity contribution in [3.8, 4) is 0 Å². The second kappa shape index (κ2) is 6.32. The molecule has 0 radical (unpaired) electrons. The zero-order valence-corrected chi connectivity index (χ0v) is 14.3. The lowest BCUT2D eigenvalue weighted by atomic mass is 9.76. The molecule has 0 aliphatic heterocycles. The molecule has 22 heavy (non-hydrogen) atoms. The molecule has 0 spiro atoms. The van der Waals surface area contributed by atoms with Crippen molar-refractivity contribution in [3.05, 3.63) is 35.4 Å². The first-order valence-corrected chi connectivity index (χ1v) is 9.15. The van der Waals surface area contributed by atoms with Crippen LogP contribution >= 0.6 is 23.2 Å². The SMILES string of the molecule is OC1(c2ccc(C3(O)CC(Cl)CCC3Cl)cc2)CCCCC1. The van der Waals surface area contributed by atoms with Gasteiger partial charge in [-0.05, 0) is 43.2 Å². The molecule has 2 aliphatic rings. The van der Waals surface area contributed by atoms with E-state index in [0.29, 0.717) is 6.42 Å². The van der Waals surface area contributed by atoms with Gasteiger partial charge in [-0.2, -0.15) is 0 Å². The van der Waals surface area contributed by atoms with E-state index in [1.54, 1.807) is 0 Å². The zero-order valence-electron chi connectivity index (χ0n) is 12.8. The van der Waals surface area contributed by atoms with Crippen LogP contribution in [0.25, 0.3) is 0 Å². The van der Waals surface area contributed by atoms with Crippen molar-refractivity contribution >= 4 is 23.2 Å². The molecule has 3 atom stereocenters. The number of alkyl halides is 2. The minimum Gasteiger partial charge on any atom is -0.385 e. The van der Waals surface area contributed by atoms with Gasteiger partial charge in [0, 0.05) is 5.38 Å². The fourth-order valence-corrected chi connectivity index (χ4v) is 4.63. The fraction of sp³-hybridized carbons (Fsp3) is 0.667. The van der Waals surface area contributed by atoms with Gasteiger partial charge in [-0.1, -0.05) is 43.5 Å². The molecule has 0 aromatic heterocycles. The highest BCUT2D eigenvalue weighted by molar-refractivity contribution is 6.23. The molecular weight excluding hydrogens is 319 g/mol. The van der Waals surface area contributed by atoms with Crippen LogP contribution in [0.2, 0.25) is 0 Å². The van der Waals surface area contributed by atoms with Crippen LogP contribution < -0.4 is 0 Å². The van der Waals surface area contributed by atoms with Crippen molar-refractivity contribution in [1.29, 1.82) is 0 Å². The van der Waals surface area contributed by atoms with Gasteiger partial charge >= 0.3 is 0 Å². The van der Waals surface area contributed by atoms with E-state index in [2.05, 4.69) is 0 Å². The van der Waals surface area contributed by atoms with Gasteiger partial charge < -0.3 is 10.2 Å². The Morgan fingerprint density at radius 1 is 0.864 bits per heavy atom. The number of rotatable bonds is 2. The van der Waals surface area contributed by atoms with Crippen LogP contribution in [0.1, 0.15) is 62.5 Å². The summed E-state index contributed by atoms with van der Waals surface area (Å²) in [5, 5.41) is 21.4. The van der Waals surface area contributed by atoms with Crippen molar-refractivity contribution in [2.24, 2.45) is 0 Å². The summed E-state index contributed by atoms with van der Waals surface area (Å²) in [6.07, 6.45) is 7.02. The van der Waals surface area contributed by atoms with Gasteiger partial charge in [0.1, 0.15) is 5.60 Å². The Morgan fingerprint density at radius 2 is 1.45 bits per heavy atom. The first kappa shape index (κ1) is 16.6. The summed E-state index contributed by atoms with van der Waals surface area (Å²) < 4.78 is 0. The summed E-state index contributed by atoms with van der Waals surface area (Å²) in [5.41, 5.74) is -0.0220. The molecule has 2 nitrogen and oxygen atoms in total. The summed E-state index contributed by atoms with van der Waals surface area (Å²) in [7, 11) is 0. The number of aliphatic hydroxyl groups is 2. The lowest BCUT2D eigenvalue weighted by Crippen LogP contribution is -2.42. The molecule has 2 fully saturated rings. The second-order valence-corrected chi connectivity index (χ2v) is 8.08. The number of hydrogen-bond acceptors (Lipinski definition) is 2. The lowest BCUT2D eigenvalue weighted by Gasteiger charge is -2.39. The van der Waals surface area contributed by atoms with Crippen molar-refractivity contribution in [2.45, 2.75) is 73.3 Å². The van der Waals surface area contributed by atoms with Gasteiger partial charge in [-0.25, -0.2) is 0 Å². The molecule has 3 unspecified atom stereocenters. The first-order chi connectivity index (χ1) is 10.4. The Bertz CT molecular complexity index is 510. The Balaban J connectivity index is 1.84. The molecule has 0 heterocycles. The summed E-state index contributed by atoms with van der Waals surface area (Å²) in [6, 6.07) is 7.71. The molecule has 4 heteroatoms. The largest absolute Gasteiger partial charge is 0.385 e. The highest BCUT2D eigenvalue weighted by atomic mass is 35.5. The molecule has 122 valence electrons. The zero-order chi connectivity index (χ0) is 15.8. The monoisotopic (exact) mass is 342 g/mol. The van der Waals surface area contributed by atoms with Crippen molar-refractivity contribution in [3.63, 3.8) is 0 Å². The van der Waals surface area contributed by atoms with Crippen LogP contribution in [0.15, 0.2) is 24.3 Å². The molecule has 2 aliphatic carbocycles. The Kier molecular flexibility index (Phi) is 4.76. The molecule has 0 amide bonds. The van der Waals surface area contributed by atoms with Crippen molar-refractivity contribution in [2.75, 3.05) is 0 Å². The van der Waals surface area contributed by atoms with Gasteiger partial charge in [0.15, 0.2) is 0 Å². The summed E-state index contributed by atoms with van der Waals surface area (Å²) >= 11 is 12.6. The molecule has 2 N–H and O–H groups in total. The highest BCUT2D eigenvalue weighted by Gasteiger charge is 2.43. The van der Waals surface area contributed by atoms with E-state index >= 15 is 0 Å². The number of halogens is 2. The van der Waals surface area contributed by atoms with E-state index in [4.69, 9.17) is 23.2 Å². The third kappa shape index (κ3) is 3.03. The van der Waals surface area contributed by atoms with Gasteiger partial charge in [0.2, 0.25) is 0 Å². The predicted molar refractivity (Wildman–Crippen MR) is 90.5 cm³/mol. The summed E-state index contributed by atoms with van der Waals surface area (Å²) in [5.74, 6) is 0. The molecule has 1 aromatic carbocycles. The van der Waals surface area contributed by atoms with E-state index in [0.717, 1.165) is 49.7 Å². The Hall–Kier alpha value is -0.280. The van der Waals surface area contributed by atoms with E-state index in [1.807, 2.05) is 24.3 Å². The third-order valence-corrected chi connectivity index (χ3v) is 6.34. The third-order valence-electron chi connectivity index (χ3n) is 5.39. The number of benzene rings is 1. The van der Waals surface area contributed by atoms with Gasteiger partial charge in [-0.15, -0.1) is 23.2 Å². The molecule has 1 aromatic rings. The maximum Gasteiger partial charge on any atom is 0.107 e. The van der Waals surface area contributed by atoms with Crippen molar-refractivity contribution in [1.82, 2.24) is 0 Å². The predicted octanol–water partition coefficient (Wildman–Crippen LogP) is 4.42. The quantitative estimate of drug-likeness (QED) is 0.780. The van der Waals surface area contributed by atoms with Gasteiger partial charge in [0.25, 0.3) is 0 Å². The Labute approximate surface area is 142 Å². The van der Waals surface area contributed by atoms with Crippen LogP contribution in [0.5, 0.6) is 0 Å². The normalized spacial score (nSPS) is 35.3. The fourth-order valence-electron chi connectivity index (χ4n) is 3.93. The van der Waals surface area contributed by atoms with E-state index in [-0.39, 0.29) is 10.8 Å². The van der Waals surface area contributed by atoms with E-state index < -0.39 is 11.2 Å². The van der Waals surface area contributed by atoms with Crippen molar-refractivity contribution < 1.29 is 10.2 Å². The average molecular weight is 343 g/mol. The second-order valence-electron chi connectivity index (χ2n) is 6.94. The average Bonchev–Trinajstić information content (AvgIpc) is 2.52. The summed E-state index contributed by atoms with van der Waals surface area (Å²) in [6.45, 7) is 0.